The van der Waals surface area contributed by atoms with Gasteiger partial charge in [-0.3, -0.25) is 9.69 Å². The molecular formula is C19H27NO. The van der Waals surface area contributed by atoms with E-state index in [1.807, 2.05) is 6.20 Å². The second-order valence-electron chi connectivity index (χ2n) is 8.34. The maximum atomic E-state index is 11.3. The molecule has 0 aromatic carbocycles. The van der Waals surface area contributed by atoms with Gasteiger partial charge in [-0.1, -0.05) is 32.9 Å². The van der Waals surface area contributed by atoms with Gasteiger partial charge >= 0.3 is 0 Å². The number of carbonyl (C=O) groups is 1. The van der Waals surface area contributed by atoms with E-state index in [2.05, 4.69) is 32.9 Å². The van der Waals surface area contributed by atoms with Crippen LogP contribution in [0.5, 0.6) is 0 Å². The third-order valence-corrected chi connectivity index (χ3v) is 7.79. The average molecular weight is 285 g/mol. The molecule has 3 aliphatic carbocycles. The highest BCUT2D eigenvalue weighted by atomic mass is 16.1. The van der Waals surface area contributed by atoms with Gasteiger partial charge in [0.05, 0.1) is 0 Å². The normalized spacial score (nSPS) is 51.2. The summed E-state index contributed by atoms with van der Waals surface area (Å²) < 4.78 is 0. The van der Waals surface area contributed by atoms with Crippen LogP contribution in [0.15, 0.2) is 24.0 Å². The van der Waals surface area contributed by atoms with Gasteiger partial charge < -0.3 is 0 Å². The number of amides is 1. The fraction of sp³-hybridized carbons (Fsp3) is 0.737. The molecule has 114 valence electrons. The Hall–Kier alpha value is -1.05. The summed E-state index contributed by atoms with van der Waals surface area (Å²) in [7, 11) is 0. The number of fused-ring (bicyclic) bond motifs is 5. The smallest absolute Gasteiger partial charge is 0.217 e. The molecule has 4 rings (SSSR count). The maximum absolute atomic E-state index is 11.3. The molecule has 0 radical (unpaired) electrons. The van der Waals surface area contributed by atoms with Crippen molar-refractivity contribution in [2.45, 2.75) is 52.9 Å². The van der Waals surface area contributed by atoms with Gasteiger partial charge in [-0.25, -0.2) is 0 Å². The Kier molecular flexibility index (Phi) is 2.75. The van der Waals surface area contributed by atoms with E-state index < -0.39 is 0 Å². The third kappa shape index (κ3) is 1.57. The highest BCUT2D eigenvalue weighted by Gasteiger charge is 2.57. The van der Waals surface area contributed by atoms with E-state index in [1.54, 1.807) is 4.90 Å². The number of allylic oxidation sites excluding steroid dienone is 2. The van der Waals surface area contributed by atoms with Crippen molar-refractivity contribution in [1.29, 1.82) is 0 Å². The lowest BCUT2D eigenvalue weighted by Crippen LogP contribution is -2.48. The predicted molar refractivity (Wildman–Crippen MR) is 84.1 cm³/mol. The first-order valence-corrected chi connectivity index (χ1v) is 8.64. The predicted octanol–water partition coefficient (Wildman–Crippen LogP) is 4.34. The Morgan fingerprint density at radius 2 is 2.05 bits per heavy atom. The van der Waals surface area contributed by atoms with E-state index in [-0.39, 0.29) is 5.41 Å². The molecule has 0 spiro atoms. The van der Waals surface area contributed by atoms with Crippen molar-refractivity contribution in [1.82, 2.24) is 4.90 Å². The van der Waals surface area contributed by atoms with E-state index in [0.29, 0.717) is 5.41 Å². The van der Waals surface area contributed by atoms with Crippen LogP contribution in [0.25, 0.3) is 0 Å². The van der Waals surface area contributed by atoms with Crippen molar-refractivity contribution in [3.05, 3.63) is 24.0 Å². The molecule has 2 fully saturated rings. The second-order valence-corrected chi connectivity index (χ2v) is 8.34. The number of nitrogens with zero attached hydrogens (tertiary/aromatic N) is 1. The largest absolute Gasteiger partial charge is 0.294 e. The summed E-state index contributed by atoms with van der Waals surface area (Å²) in [5, 5.41) is 0. The Labute approximate surface area is 128 Å². The highest BCUT2D eigenvalue weighted by Crippen LogP contribution is 2.65. The molecule has 0 aromatic heterocycles. The fourth-order valence-electron chi connectivity index (χ4n) is 6.28. The van der Waals surface area contributed by atoms with E-state index in [9.17, 15) is 4.79 Å². The van der Waals surface area contributed by atoms with Crippen molar-refractivity contribution in [3.8, 4) is 0 Å². The molecule has 21 heavy (non-hydrogen) atoms. The van der Waals surface area contributed by atoms with Crippen molar-refractivity contribution in [2.75, 3.05) is 0 Å². The molecule has 6 atom stereocenters. The van der Waals surface area contributed by atoms with Crippen molar-refractivity contribution < 1.29 is 4.79 Å². The first-order chi connectivity index (χ1) is 10.0. The molecule has 0 aromatic rings. The molecule has 0 bridgehead atoms. The van der Waals surface area contributed by atoms with E-state index >= 15 is 0 Å². The molecule has 2 nitrogen and oxygen atoms in total. The lowest BCUT2D eigenvalue weighted by molar-refractivity contribution is -0.115. The van der Waals surface area contributed by atoms with E-state index in [4.69, 9.17) is 0 Å². The van der Waals surface area contributed by atoms with Gasteiger partial charge in [0.25, 0.3) is 0 Å². The van der Waals surface area contributed by atoms with Crippen LogP contribution in [0.4, 0.5) is 0 Å². The molecule has 0 saturated heterocycles. The zero-order chi connectivity index (χ0) is 14.8. The average Bonchev–Trinajstić information content (AvgIpc) is 2.96. The topological polar surface area (TPSA) is 20.3 Å². The van der Waals surface area contributed by atoms with Gasteiger partial charge in [-0.2, -0.15) is 0 Å². The van der Waals surface area contributed by atoms with E-state index in [1.165, 1.54) is 37.8 Å². The molecule has 2 saturated carbocycles. The SMILES string of the molecule is CC1CCC2C3CC=C4N(C=O)C=CC4(C)C3CCC12C. The van der Waals surface area contributed by atoms with Crippen LogP contribution in [0.1, 0.15) is 52.9 Å². The summed E-state index contributed by atoms with van der Waals surface area (Å²) in [4.78, 5) is 13.1. The Morgan fingerprint density at radius 3 is 2.81 bits per heavy atom. The molecule has 1 amide bonds. The Bertz CT molecular complexity index is 536. The van der Waals surface area contributed by atoms with Gasteiger partial charge in [-0.15, -0.1) is 0 Å². The number of rotatable bonds is 1. The molecular weight excluding hydrogens is 258 g/mol. The van der Waals surface area contributed by atoms with Crippen LogP contribution >= 0.6 is 0 Å². The summed E-state index contributed by atoms with van der Waals surface area (Å²) in [6, 6.07) is 0. The van der Waals surface area contributed by atoms with Gasteiger partial charge in [0.1, 0.15) is 0 Å². The first-order valence-electron chi connectivity index (χ1n) is 8.64. The summed E-state index contributed by atoms with van der Waals surface area (Å²) in [5.74, 6) is 3.31. The van der Waals surface area contributed by atoms with Crippen LogP contribution in [-0.4, -0.2) is 11.3 Å². The van der Waals surface area contributed by atoms with Crippen LogP contribution < -0.4 is 0 Å². The van der Waals surface area contributed by atoms with Crippen molar-refractivity contribution in [2.24, 2.45) is 34.5 Å². The van der Waals surface area contributed by atoms with Gasteiger partial charge in [0.15, 0.2) is 0 Å². The minimum absolute atomic E-state index is 0.0942. The minimum Gasteiger partial charge on any atom is -0.294 e. The van der Waals surface area contributed by atoms with Crippen LogP contribution in [-0.2, 0) is 4.79 Å². The summed E-state index contributed by atoms with van der Waals surface area (Å²) in [6.45, 7) is 7.38. The van der Waals surface area contributed by atoms with Gasteiger partial charge in [0.2, 0.25) is 6.41 Å². The van der Waals surface area contributed by atoms with Crippen LogP contribution in [0.3, 0.4) is 0 Å². The molecule has 2 heteroatoms. The zero-order valence-electron chi connectivity index (χ0n) is 13.5. The Balaban J connectivity index is 1.72. The zero-order valence-corrected chi connectivity index (χ0v) is 13.5. The fourth-order valence-corrected chi connectivity index (χ4v) is 6.28. The van der Waals surface area contributed by atoms with Crippen molar-refractivity contribution >= 4 is 6.41 Å². The summed E-state index contributed by atoms with van der Waals surface area (Å²) >= 11 is 0. The summed E-state index contributed by atoms with van der Waals surface area (Å²) in [6.07, 6.45) is 14.3. The second kappa shape index (κ2) is 4.24. The highest BCUT2D eigenvalue weighted by molar-refractivity contribution is 5.57. The number of carbonyl (C=O) groups excluding carboxylic acids is 1. The lowest BCUT2D eigenvalue weighted by atomic mass is 9.50. The molecule has 1 heterocycles. The monoisotopic (exact) mass is 285 g/mol. The lowest BCUT2D eigenvalue weighted by Gasteiger charge is -2.54. The third-order valence-electron chi connectivity index (χ3n) is 7.79. The standard InChI is InChI=1S/C19H27NO/c1-13-4-6-15-14-5-7-17-19(3,10-11-20(17)12-21)16(14)8-9-18(13,15)2/h7,10-16H,4-6,8-9H2,1-3H3. The quantitative estimate of drug-likeness (QED) is 0.656. The molecule has 1 aliphatic heterocycles. The number of hydrogen-bond donors (Lipinski definition) is 0. The maximum Gasteiger partial charge on any atom is 0.217 e. The van der Waals surface area contributed by atoms with Gasteiger partial charge in [0, 0.05) is 17.3 Å². The number of hydrogen-bond acceptors (Lipinski definition) is 1. The van der Waals surface area contributed by atoms with Crippen LogP contribution in [0, 0.1) is 34.5 Å². The summed E-state index contributed by atoms with van der Waals surface area (Å²) in [5.41, 5.74) is 1.90. The first kappa shape index (κ1) is 13.6. The molecule has 4 aliphatic rings. The van der Waals surface area contributed by atoms with Crippen LogP contribution in [0.2, 0.25) is 0 Å². The Morgan fingerprint density at radius 1 is 1.24 bits per heavy atom. The molecule has 6 unspecified atom stereocenters. The van der Waals surface area contributed by atoms with Crippen molar-refractivity contribution in [3.63, 3.8) is 0 Å². The van der Waals surface area contributed by atoms with Gasteiger partial charge in [-0.05, 0) is 61.2 Å². The van der Waals surface area contributed by atoms with E-state index in [0.717, 1.165) is 30.1 Å². The minimum atomic E-state index is 0.0942. The molecule has 0 N–H and O–H groups in total.